The molecule has 0 saturated carbocycles. The van der Waals surface area contributed by atoms with E-state index in [4.69, 9.17) is 24.4 Å². The van der Waals surface area contributed by atoms with Gasteiger partial charge in [-0.05, 0) is 82.2 Å². The molecule has 258 valence electrons. The van der Waals surface area contributed by atoms with Gasteiger partial charge in [-0.15, -0.1) is 4.98 Å². The number of hydrogen-bond donors (Lipinski definition) is 0. The minimum Gasteiger partial charge on any atom is -0.424 e. The fourth-order valence-electron chi connectivity index (χ4n) is 7.86. The summed E-state index contributed by atoms with van der Waals surface area (Å²) in [5, 5.41) is 5.25. The fraction of sp³-hybridized carbons (Fsp3) is 0.0435. The van der Waals surface area contributed by atoms with E-state index in [1.807, 2.05) is 79.0 Å². The van der Waals surface area contributed by atoms with Crippen LogP contribution in [-0.4, -0.2) is 32.6 Å². The van der Waals surface area contributed by atoms with E-state index in [2.05, 4.69) is 108 Å². The van der Waals surface area contributed by atoms with Gasteiger partial charge in [0.05, 0.1) is 16.7 Å². The first-order valence-corrected chi connectivity index (χ1v) is 21.0. The lowest BCUT2D eigenvalue weighted by atomic mass is 10.0. The first kappa shape index (κ1) is 31.8. The van der Waals surface area contributed by atoms with E-state index in [1.165, 1.54) is 43.3 Å². The quantitative estimate of drug-likeness (QED) is 0.153. The number of rotatable bonds is 7. The van der Waals surface area contributed by atoms with Crippen molar-refractivity contribution in [2.75, 3.05) is 0 Å². The lowest BCUT2D eigenvalue weighted by Crippen LogP contribution is -2.50. The third-order valence-electron chi connectivity index (χ3n) is 10.3. The van der Waals surface area contributed by atoms with Crippen molar-refractivity contribution in [1.82, 2.24) is 24.5 Å². The highest BCUT2D eigenvalue weighted by Crippen LogP contribution is 2.37. The molecule has 0 saturated heterocycles. The van der Waals surface area contributed by atoms with Crippen LogP contribution in [0.1, 0.15) is 0 Å². The topological polar surface area (TPSA) is 75.0 Å². The Morgan fingerprint density at radius 2 is 1.11 bits per heavy atom. The summed E-state index contributed by atoms with van der Waals surface area (Å²) in [7, 11) is -2.18. The third kappa shape index (κ3) is 5.34. The van der Waals surface area contributed by atoms with Crippen LogP contribution in [-0.2, 0) is 0 Å². The smallest absolute Gasteiger partial charge is 0.328 e. The molecule has 4 heterocycles. The highest BCUT2D eigenvalue weighted by atomic mass is 28.3. The summed E-state index contributed by atoms with van der Waals surface area (Å²) in [4.78, 5) is 19.1. The van der Waals surface area contributed by atoms with Crippen LogP contribution < -0.4 is 19.8 Å². The van der Waals surface area contributed by atoms with Gasteiger partial charge in [0.2, 0.25) is 0 Å². The van der Waals surface area contributed by atoms with Gasteiger partial charge in [-0.2, -0.15) is 9.97 Å². The Kier molecular flexibility index (Phi) is 7.45. The summed E-state index contributed by atoms with van der Waals surface area (Å²) in [5.41, 5.74) is 8.87. The van der Waals surface area contributed by atoms with Gasteiger partial charge < -0.3 is 14.0 Å². The molecule has 0 unspecified atom stereocenters. The van der Waals surface area contributed by atoms with Crippen molar-refractivity contribution in [3.05, 3.63) is 164 Å². The second-order valence-corrected chi connectivity index (χ2v) is 18.2. The van der Waals surface area contributed by atoms with Crippen LogP contribution in [0.2, 0.25) is 13.1 Å². The standard InChI is InChI=1S/C46H33N5O2Si/c1-54(2)41-25-24-32(51-39-22-11-9-20-35(39)36-21-10-12-23-40(36)51)29-38(41)37-26-27-47-42(43(37)54)30-14-13-15-31(28-30)44-48-45(52-33-16-5-3-6-17-33)50-46(49-44)53-34-18-7-4-8-19-34/h3-29H,1-2H3. The van der Waals surface area contributed by atoms with Crippen LogP contribution >= 0.6 is 0 Å². The Labute approximate surface area is 313 Å². The summed E-state index contributed by atoms with van der Waals surface area (Å²) < 4.78 is 14.6. The van der Waals surface area contributed by atoms with Crippen LogP contribution in [0.5, 0.6) is 23.5 Å². The van der Waals surface area contributed by atoms with E-state index in [1.54, 1.807) is 0 Å². The second kappa shape index (κ2) is 12.6. The Balaban J connectivity index is 1.07. The molecule has 54 heavy (non-hydrogen) atoms. The summed E-state index contributed by atoms with van der Waals surface area (Å²) in [6.07, 6.45) is 1.94. The second-order valence-electron chi connectivity index (χ2n) is 13.9. The lowest BCUT2D eigenvalue weighted by molar-refractivity contribution is 0.398. The van der Waals surface area contributed by atoms with Crippen LogP contribution in [0.15, 0.2) is 164 Å². The number of aromatic nitrogens is 5. The molecule has 9 aromatic rings. The highest BCUT2D eigenvalue weighted by Gasteiger charge is 2.40. The molecule has 0 radical (unpaired) electrons. The number of fused-ring (bicyclic) bond motifs is 6. The van der Waals surface area contributed by atoms with Crippen molar-refractivity contribution in [2.45, 2.75) is 13.1 Å². The largest absolute Gasteiger partial charge is 0.424 e. The minimum atomic E-state index is -2.18. The normalized spacial score (nSPS) is 12.8. The zero-order valence-electron chi connectivity index (χ0n) is 29.6. The monoisotopic (exact) mass is 715 g/mol. The van der Waals surface area contributed by atoms with E-state index in [0.717, 1.165) is 22.5 Å². The zero-order chi connectivity index (χ0) is 36.2. The highest BCUT2D eigenvalue weighted by molar-refractivity contribution is 7.04. The van der Waals surface area contributed by atoms with Gasteiger partial charge in [-0.3, -0.25) is 4.98 Å². The number of para-hydroxylation sites is 4. The van der Waals surface area contributed by atoms with Gasteiger partial charge in [-0.1, -0.05) is 110 Å². The van der Waals surface area contributed by atoms with Crippen molar-refractivity contribution in [3.63, 3.8) is 0 Å². The first-order chi connectivity index (χ1) is 26.5. The predicted molar refractivity (Wildman–Crippen MR) is 218 cm³/mol. The molecule has 10 rings (SSSR count). The molecule has 6 aromatic carbocycles. The van der Waals surface area contributed by atoms with Crippen LogP contribution in [0, 0.1) is 0 Å². The van der Waals surface area contributed by atoms with Crippen LogP contribution in [0.3, 0.4) is 0 Å². The molecule has 0 fully saturated rings. The average molecular weight is 716 g/mol. The van der Waals surface area contributed by atoms with E-state index in [9.17, 15) is 0 Å². The van der Waals surface area contributed by atoms with Crippen LogP contribution in [0.4, 0.5) is 0 Å². The van der Waals surface area contributed by atoms with E-state index in [0.29, 0.717) is 17.3 Å². The van der Waals surface area contributed by atoms with E-state index < -0.39 is 8.07 Å². The predicted octanol–water partition coefficient (Wildman–Crippen LogP) is 10.1. The van der Waals surface area contributed by atoms with Crippen molar-refractivity contribution in [3.8, 4) is 63.0 Å². The molecule has 8 heteroatoms. The van der Waals surface area contributed by atoms with Crippen LogP contribution in [0.25, 0.3) is 61.3 Å². The maximum Gasteiger partial charge on any atom is 0.328 e. The maximum atomic E-state index is 6.09. The first-order valence-electron chi connectivity index (χ1n) is 18.0. The molecular weight excluding hydrogens is 683 g/mol. The molecular formula is C46H33N5O2Si. The van der Waals surface area contributed by atoms with Gasteiger partial charge in [0.15, 0.2) is 5.82 Å². The van der Waals surface area contributed by atoms with Gasteiger partial charge >= 0.3 is 12.0 Å². The third-order valence-corrected chi connectivity index (χ3v) is 13.8. The van der Waals surface area contributed by atoms with Crippen molar-refractivity contribution in [1.29, 1.82) is 0 Å². The number of hydrogen-bond acceptors (Lipinski definition) is 6. The zero-order valence-corrected chi connectivity index (χ0v) is 30.6. The van der Waals surface area contributed by atoms with E-state index in [-0.39, 0.29) is 12.0 Å². The molecule has 0 spiro atoms. The fourth-order valence-corrected chi connectivity index (χ4v) is 11.2. The summed E-state index contributed by atoms with van der Waals surface area (Å²) >= 11 is 0. The van der Waals surface area contributed by atoms with Gasteiger partial charge in [0.25, 0.3) is 0 Å². The molecule has 0 N–H and O–H groups in total. The Bertz CT molecular complexity index is 2760. The number of pyridine rings is 1. The summed E-state index contributed by atoms with van der Waals surface area (Å²) in [5.74, 6) is 1.67. The Hall–Kier alpha value is -6.90. The molecule has 1 aliphatic rings. The molecule has 0 bridgehead atoms. The van der Waals surface area contributed by atoms with Gasteiger partial charge in [-0.25, -0.2) is 0 Å². The summed E-state index contributed by atoms with van der Waals surface area (Å²) in [6.45, 7) is 4.86. The number of ether oxygens (including phenoxy) is 2. The van der Waals surface area contributed by atoms with Crippen molar-refractivity contribution >= 4 is 40.3 Å². The van der Waals surface area contributed by atoms with Gasteiger partial charge in [0, 0.05) is 33.8 Å². The number of nitrogens with zero attached hydrogens (tertiary/aromatic N) is 5. The average Bonchev–Trinajstić information content (AvgIpc) is 3.67. The molecule has 1 aliphatic heterocycles. The Morgan fingerprint density at radius 1 is 0.519 bits per heavy atom. The van der Waals surface area contributed by atoms with Crippen molar-refractivity contribution in [2.24, 2.45) is 0 Å². The molecule has 3 aromatic heterocycles. The molecule has 0 aliphatic carbocycles. The molecule has 0 amide bonds. The van der Waals surface area contributed by atoms with Gasteiger partial charge in [0.1, 0.15) is 19.6 Å². The molecule has 0 atom stereocenters. The SMILES string of the molecule is C[Si]1(C)c2ccc(-n3c4ccccc4c4ccccc43)cc2-c2ccnc(-c3cccc(-c4nc(Oc5ccccc5)nc(Oc5ccccc5)n4)c3)c21. The van der Waals surface area contributed by atoms with E-state index >= 15 is 0 Å². The number of benzene rings is 6. The lowest BCUT2D eigenvalue weighted by Gasteiger charge is -2.21. The maximum absolute atomic E-state index is 6.09. The molecule has 7 nitrogen and oxygen atoms in total. The van der Waals surface area contributed by atoms with Crippen molar-refractivity contribution < 1.29 is 9.47 Å². The Morgan fingerprint density at radius 3 is 1.76 bits per heavy atom. The summed E-state index contributed by atoms with van der Waals surface area (Å²) in [6, 6.07) is 54.0. The minimum absolute atomic E-state index is 0.143.